The average molecular weight is 350 g/mol. The van der Waals surface area contributed by atoms with Crippen LogP contribution in [-0.2, 0) is 6.42 Å². The molecule has 0 bridgehead atoms. The number of nitrogens with zero attached hydrogens (tertiary/aromatic N) is 4. The maximum atomic E-state index is 13.4. The molecule has 1 amide bonds. The van der Waals surface area contributed by atoms with Gasteiger partial charge in [-0.2, -0.15) is 5.10 Å². The van der Waals surface area contributed by atoms with Gasteiger partial charge in [0.25, 0.3) is 5.91 Å². The van der Waals surface area contributed by atoms with Crippen LogP contribution in [0.25, 0.3) is 16.7 Å². The molecule has 26 heavy (non-hydrogen) atoms. The minimum atomic E-state index is -0.278. The smallest absolute Gasteiger partial charge is 0.251 e. The van der Waals surface area contributed by atoms with Gasteiger partial charge in [-0.3, -0.25) is 4.79 Å². The van der Waals surface area contributed by atoms with Gasteiger partial charge in [0.05, 0.1) is 0 Å². The zero-order chi connectivity index (χ0) is 17.9. The van der Waals surface area contributed by atoms with E-state index in [2.05, 4.69) is 25.4 Å². The molecule has 4 aromatic rings. The Morgan fingerprint density at radius 2 is 2.19 bits per heavy atom. The summed E-state index contributed by atoms with van der Waals surface area (Å²) in [5.74, 6) is 0.0295. The molecule has 0 unspecified atom stereocenters. The molecule has 8 heteroatoms. The minimum Gasteiger partial charge on any atom is -0.361 e. The van der Waals surface area contributed by atoms with Gasteiger partial charge >= 0.3 is 0 Å². The van der Waals surface area contributed by atoms with Crippen LogP contribution in [0.2, 0.25) is 0 Å². The van der Waals surface area contributed by atoms with Gasteiger partial charge in [-0.25, -0.2) is 19.0 Å². The number of amides is 1. The van der Waals surface area contributed by atoms with E-state index < -0.39 is 0 Å². The summed E-state index contributed by atoms with van der Waals surface area (Å²) in [6, 6.07) is 7.90. The van der Waals surface area contributed by atoms with Crippen LogP contribution in [0.4, 0.5) is 4.39 Å². The summed E-state index contributed by atoms with van der Waals surface area (Å²) in [7, 11) is 0. The molecule has 0 saturated carbocycles. The number of nitrogens with one attached hydrogen (secondary N) is 2. The Morgan fingerprint density at radius 1 is 1.27 bits per heavy atom. The fraction of sp³-hybridized carbons (Fsp3) is 0.111. The highest BCUT2D eigenvalue weighted by Crippen LogP contribution is 2.19. The first-order valence-electron chi connectivity index (χ1n) is 8.05. The van der Waals surface area contributed by atoms with Crippen molar-refractivity contribution in [1.82, 2.24) is 30.0 Å². The van der Waals surface area contributed by atoms with Crippen LogP contribution >= 0.6 is 0 Å². The lowest BCUT2D eigenvalue weighted by molar-refractivity contribution is 0.0954. The van der Waals surface area contributed by atoms with E-state index in [4.69, 9.17) is 0 Å². The highest BCUT2D eigenvalue weighted by atomic mass is 19.1. The monoisotopic (exact) mass is 350 g/mol. The van der Waals surface area contributed by atoms with Crippen LogP contribution in [-0.4, -0.2) is 37.2 Å². The van der Waals surface area contributed by atoms with E-state index in [9.17, 15) is 9.18 Å². The zero-order valence-electron chi connectivity index (χ0n) is 13.7. The van der Waals surface area contributed by atoms with Crippen molar-refractivity contribution < 1.29 is 9.18 Å². The molecule has 0 spiro atoms. The third-order valence-electron chi connectivity index (χ3n) is 4.07. The summed E-state index contributed by atoms with van der Waals surface area (Å²) >= 11 is 0. The molecule has 1 aromatic carbocycles. The van der Waals surface area contributed by atoms with Crippen molar-refractivity contribution in [2.24, 2.45) is 0 Å². The molecule has 0 saturated heterocycles. The number of pyridine rings is 1. The number of carbonyl (C=O) groups is 1. The van der Waals surface area contributed by atoms with E-state index in [-0.39, 0.29) is 11.7 Å². The minimum absolute atomic E-state index is 0.209. The number of rotatable bonds is 5. The molecular formula is C18H15FN6O. The lowest BCUT2D eigenvalue weighted by Gasteiger charge is -2.06. The molecule has 130 valence electrons. The van der Waals surface area contributed by atoms with Crippen molar-refractivity contribution in [3.8, 4) is 5.82 Å². The maximum absolute atomic E-state index is 13.4. The third kappa shape index (κ3) is 3.16. The highest BCUT2D eigenvalue weighted by Gasteiger charge is 2.09. The number of benzene rings is 1. The second kappa shape index (κ2) is 6.75. The average Bonchev–Trinajstić information content (AvgIpc) is 3.32. The van der Waals surface area contributed by atoms with E-state index in [1.807, 2.05) is 6.20 Å². The number of fused-ring (bicyclic) bond motifs is 1. The molecule has 2 N–H and O–H groups in total. The van der Waals surface area contributed by atoms with E-state index in [1.54, 1.807) is 24.4 Å². The Bertz CT molecular complexity index is 1060. The van der Waals surface area contributed by atoms with Crippen molar-refractivity contribution in [3.63, 3.8) is 0 Å². The van der Waals surface area contributed by atoms with Crippen molar-refractivity contribution in [2.75, 3.05) is 6.54 Å². The lowest BCUT2D eigenvalue weighted by Crippen LogP contribution is -2.25. The molecular weight excluding hydrogens is 335 g/mol. The number of H-pyrrole nitrogens is 1. The van der Waals surface area contributed by atoms with E-state index in [0.717, 1.165) is 16.5 Å². The normalized spacial score (nSPS) is 11.0. The second-order valence-electron chi connectivity index (χ2n) is 5.75. The van der Waals surface area contributed by atoms with Crippen LogP contribution in [0, 0.1) is 5.82 Å². The van der Waals surface area contributed by atoms with Gasteiger partial charge in [0.15, 0.2) is 5.82 Å². The van der Waals surface area contributed by atoms with Gasteiger partial charge in [0.1, 0.15) is 18.5 Å². The van der Waals surface area contributed by atoms with Crippen molar-refractivity contribution in [3.05, 3.63) is 72.3 Å². The number of hydrogen-bond acceptors (Lipinski definition) is 4. The fourth-order valence-corrected chi connectivity index (χ4v) is 2.78. The summed E-state index contributed by atoms with van der Waals surface area (Å²) in [6.07, 6.45) is 6.90. The molecule has 3 heterocycles. The number of halogens is 1. The zero-order valence-corrected chi connectivity index (χ0v) is 13.7. The number of hydrogen-bond donors (Lipinski definition) is 2. The van der Waals surface area contributed by atoms with Gasteiger partial charge in [0.2, 0.25) is 0 Å². The van der Waals surface area contributed by atoms with E-state index in [1.165, 1.54) is 29.5 Å². The molecule has 0 atom stereocenters. The van der Waals surface area contributed by atoms with Gasteiger partial charge in [-0.15, -0.1) is 0 Å². The lowest BCUT2D eigenvalue weighted by atomic mass is 10.1. The molecule has 7 nitrogen and oxygen atoms in total. The van der Waals surface area contributed by atoms with Gasteiger partial charge in [-0.05, 0) is 42.3 Å². The molecule has 0 aliphatic carbocycles. The number of carbonyl (C=O) groups excluding carboxylic acids is 1. The first kappa shape index (κ1) is 15.9. The third-order valence-corrected chi connectivity index (χ3v) is 4.07. The Labute approximate surface area is 147 Å². The fourth-order valence-electron chi connectivity index (χ4n) is 2.78. The predicted molar refractivity (Wildman–Crippen MR) is 93.4 cm³/mol. The maximum Gasteiger partial charge on any atom is 0.251 e. The van der Waals surface area contributed by atoms with E-state index >= 15 is 0 Å². The quantitative estimate of drug-likeness (QED) is 0.578. The van der Waals surface area contributed by atoms with Crippen LogP contribution < -0.4 is 5.32 Å². The van der Waals surface area contributed by atoms with Crippen molar-refractivity contribution in [1.29, 1.82) is 0 Å². The topological polar surface area (TPSA) is 88.5 Å². The Balaban J connectivity index is 1.42. The molecule has 0 radical (unpaired) electrons. The van der Waals surface area contributed by atoms with Crippen LogP contribution in [0.3, 0.4) is 0 Å². The molecule has 3 aromatic heterocycles. The summed E-state index contributed by atoms with van der Waals surface area (Å²) in [6.45, 7) is 0.434. The Hall–Kier alpha value is -3.55. The molecule has 0 aliphatic heterocycles. The molecule has 0 fully saturated rings. The summed E-state index contributed by atoms with van der Waals surface area (Å²) in [5.41, 5.74) is 2.31. The SMILES string of the molecule is O=C(NCCc1c[nH]c2ccc(F)cc12)c1ccnc(-n2cncn2)c1. The largest absolute Gasteiger partial charge is 0.361 e. The van der Waals surface area contributed by atoms with Crippen LogP contribution in [0.5, 0.6) is 0 Å². The van der Waals surface area contributed by atoms with Gasteiger partial charge < -0.3 is 10.3 Å². The molecule has 0 aliphatic rings. The number of aromatic amines is 1. The summed E-state index contributed by atoms with van der Waals surface area (Å²) in [4.78, 5) is 23.5. The second-order valence-corrected chi connectivity index (χ2v) is 5.75. The highest BCUT2D eigenvalue weighted by molar-refractivity contribution is 5.94. The standard InChI is InChI=1S/C18H15FN6O/c19-14-1-2-16-15(8-14)13(9-23-16)4-6-22-18(26)12-3-5-21-17(7-12)25-11-20-10-24-25/h1-3,5,7-11,23H,4,6H2,(H,22,26). The first-order valence-corrected chi connectivity index (χ1v) is 8.05. The van der Waals surface area contributed by atoms with Crippen LogP contribution in [0.1, 0.15) is 15.9 Å². The van der Waals surface area contributed by atoms with Crippen molar-refractivity contribution >= 4 is 16.8 Å². The molecule has 4 rings (SSSR count). The first-order chi connectivity index (χ1) is 12.7. The van der Waals surface area contributed by atoms with Crippen molar-refractivity contribution in [2.45, 2.75) is 6.42 Å². The van der Waals surface area contributed by atoms with E-state index in [0.29, 0.717) is 24.3 Å². The number of aromatic nitrogens is 5. The Morgan fingerprint density at radius 3 is 3.04 bits per heavy atom. The Kier molecular flexibility index (Phi) is 4.14. The van der Waals surface area contributed by atoms with Crippen LogP contribution in [0.15, 0.2) is 55.4 Å². The van der Waals surface area contributed by atoms with Gasteiger partial charge in [0, 0.05) is 35.4 Å². The summed E-state index contributed by atoms with van der Waals surface area (Å²) < 4.78 is 14.9. The summed E-state index contributed by atoms with van der Waals surface area (Å²) in [5, 5.41) is 7.70. The van der Waals surface area contributed by atoms with Gasteiger partial charge in [-0.1, -0.05) is 0 Å². The predicted octanol–water partition coefficient (Wildman–Crippen LogP) is 2.26.